The molecule has 0 aliphatic heterocycles. The molecule has 10 atom stereocenters. The predicted molar refractivity (Wildman–Crippen MR) is 217 cm³/mol. The van der Waals surface area contributed by atoms with Crippen LogP contribution < -0.4 is 0 Å². The first-order chi connectivity index (χ1) is 25.7. The lowest BCUT2D eigenvalue weighted by Gasteiger charge is -2.67. The summed E-state index contributed by atoms with van der Waals surface area (Å²) >= 11 is 6.65. The van der Waals surface area contributed by atoms with Crippen molar-refractivity contribution < 1.29 is 29.3 Å². The van der Waals surface area contributed by atoms with Gasteiger partial charge in [-0.25, -0.2) is 0 Å². The molecule has 4 saturated carbocycles. The van der Waals surface area contributed by atoms with Crippen LogP contribution in [0, 0.1) is 57.2 Å². The SMILES string of the molecule is CC(C)C1=C2C3CCC4C(C)(CCC5C(C)C(OC(=O)CC(C)(C)C(=O)O)CCC54C)C3CCC2(C(O)CN(CCN(C)C)Cc2ccccc2Cl)CC1=O. The third kappa shape index (κ3) is 7.72. The van der Waals surface area contributed by atoms with Crippen LogP contribution in [0.3, 0.4) is 0 Å². The van der Waals surface area contributed by atoms with Gasteiger partial charge in [0.25, 0.3) is 0 Å². The molecule has 2 N–H and O–H groups in total. The fraction of sp³-hybridized carbons (Fsp3) is 0.761. The Hall–Kier alpha value is -2.26. The third-order valence-corrected chi connectivity index (χ3v) is 16.3. The van der Waals surface area contributed by atoms with E-state index in [1.54, 1.807) is 13.8 Å². The number of hydrogen-bond donors (Lipinski definition) is 2. The molecule has 0 bridgehead atoms. The first-order valence-electron chi connectivity index (χ1n) is 21.2. The van der Waals surface area contributed by atoms with E-state index in [-0.39, 0.29) is 41.0 Å². The molecule has 55 heavy (non-hydrogen) atoms. The summed E-state index contributed by atoms with van der Waals surface area (Å²) in [6, 6.07) is 7.97. The highest BCUT2D eigenvalue weighted by atomic mass is 35.5. The number of carbonyl (C=O) groups is 3. The number of carboxylic acid groups (broad SMARTS) is 1. The minimum atomic E-state index is -1.15. The number of likely N-dealkylation sites (N-methyl/N-ethyl adjacent to an activating group) is 1. The average Bonchev–Trinajstić information content (AvgIpc) is 3.42. The number of rotatable bonds is 13. The second-order valence-electron chi connectivity index (χ2n) is 20.2. The van der Waals surface area contributed by atoms with Crippen LogP contribution >= 0.6 is 11.6 Å². The fourth-order valence-corrected chi connectivity index (χ4v) is 13.2. The Balaban J connectivity index is 1.24. The molecule has 0 heterocycles. The molecule has 1 aromatic rings. The number of halogens is 1. The monoisotopic (exact) mass is 780 g/mol. The Labute approximate surface area is 335 Å². The maximum atomic E-state index is 14.2. The van der Waals surface area contributed by atoms with Crippen molar-refractivity contribution in [2.75, 3.05) is 33.7 Å². The molecule has 0 radical (unpaired) electrons. The van der Waals surface area contributed by atoms with Crippen molar-refractivity contribution in [3.05, 3.63) is 46.0 Å². The van der Waals surface area contributed by atoms with Crippen LogP contribution in [0.1, 0.15) is 118 Å². The molecule has 0 amide bonds. The Morgan fingerprint density at radius 1 is 0.982 bits per heavy atom. The van der Waals surface area contributed by atoms with Gasteiger partial charge < -0.3 is 19.8 Å². The topological polar surface area (TPSA) is 107 Å². The smallest absolute Gasteiger partial charge is 0.309 e. The lowest BCUT2D eigenvalue weighted by atomic mass is 9.38. The van der Waals surface area contributed by atoms with Crippen molar-refractivity contribution in [2.24, 2.45) is 57.2 Å². The van der Waals surface area contributed by atoms with Gasteiger partial charge in [0, 0.05) is 43.0 Å². The number of carboxylic acids is 1. The molecule has 5 aliphatic rings. The molecule has 9 heteroatoms. The largest absolute Gasteiger partial charge is 0.481 e. The van der Waals surface area contributed by atoms with Crippen LogP contribution in [-0.4, -0.2) is 83.7 Å². The van der Waals surface area contributed by atoms with E-state index in [1.807, 2.05) is 18.2 Å². The summed E-state index contributed by atoms with van der Waals surface area (Å²) in [7, 11) is 4.15. The quantitative estimate of drug-likeness (QED) is 0.192. The highest BCUT2D eigenvalue weighted by Gasteiger charge is 2.66. The molecule has 1 aromatic carbocycles. The number of esters is 1. The number of ketones is 1. The normalized spacial score (nSPS) is 35.3. The first-order valence-corrected chi connectivity index (χ1v) is 21.6. The van der Waals surface area contributed by atoms with E-state index in [0.29, 0.717) is 43.2 Å². The van der Waals surface area contributed by atoms with Gasteiger partial charge in [0.05, 0.1) is 17.9 Å². The Morgan fingerprint density at radius 2 is 1.64 bits per heavy atom. The number of allylic oxidation sites excluding steroid dienone is 1. The molecular formula is C46H69ClN2O6. The Kier molecular flexibility index (Phi) is 12.2. The van der Waals surface area contributed by atoms with Gasteiger partial charge in [-0.15, -0.1) is 0 Å². The summed E-state index contributed by atoms with van der Waals surface area (Å²) < 4.78 is 6.07. The fourth-order valence-electron chi connectivity index (χ4n) is 13.0. The number of ether oxygens (including phenoxy) is 1. The molecule has 10 unspecified atom stereocenters. The second-order valence-corrected chi connectivity index (χ2v) is 20.6. The van der Waals surface area contributed by atoms with Gasteiger partial charge in [-0.2, -0.15) is 0 Å². The van der Waals surface area contributed by atoms with E-state index >= 15 is 0 Å². The van der Waals surface area contributed by atoms with Gasteiger partial charge in [-0.3, -0.25) is 19.3 Å². The summed E-state index contributed by atoms with van der Waals surface area (Å²) in [5.41, 5.74) is 1.90. The van der Waals surface area contributed by atoms with E-state index in [4.69, 9.17) is 16.3 Å². The number of carbonyl (C=O) groups excluding carboxylic acids is 2. The minimum absolute atomic E-state index is 0.112. The van der Waals surface area contributed by atoms with Gasteiger partial charge in [0.15, 0.2) is 5.78 Å². The number of benzene rings is 1. The average molecular weight is 782 g/mol. The number of nitrogens with zero attached hydrogens (tertiary/aromatic N) is 2. The van der Waals surface area contributed by atoms with Gasteiger partial charge >= 0.3 is 11.9 Å². The highest BCUT2D eigenvalue weighted by Crippen LogP contribution is 2.72. The molecule has 306 valence electrons. The van der Waals surface area contributed by atoms with E-state index < -0.39 is 28.9 Å². The standard InChI is InChI=1S/C46H69ClN2O6/c1-28(2)40-35(50)24-46(38(51)27-49(23-22-48(8)9)26-30-12-10-11-13-34(30)47)21-17-33-31(41(40)46)14-15-37-44(6)20-18-36(29(3)32(44)16-19-45(33,37)7)55-39(52)25-43(4,5)42(53)54/h10-13,28-29,31-33,36-38,51H,14-27H2,1-9H3,(H,53,54). The second kappa shape index (κ2) is 15.8. The van der Waals surface area contributed by atoms with E-state index in [2.05, 4.69) is 64.6 Å². The van der Waals surface area contributed by atoms with Crippen LogP contribution in [0.2, 0.25) is 5.02 Å². The number of Topliss-reactive ketones (excluding diaryl/α,β-unsaturated/α-hetero) is 1. The maximum absolute atomic E-state index is 14.2. The van der Waals surface area contributed by atoms with Gasteiger partial charge in [-0.1, -0.05) is 70.0 Å². The van der Waals surface area contributed by atoms with Crippen LogP contribution in [0.15, 0.2) is 35.4 Å². The number of aliphatic hydroxyl groups excluding tert-OH is 1. The van der Waals surface area contributed by atoms with Crippen LogP contribution in [0.4, 0.5) is 0 Å². The van der Waals surface area contributed by atoms with Gasteiger partial charge in [0.1, 0.15) is 6.10 Å². The summed E-state index contributed by atoms with van der Waals surface area (Å²) in [6.07, 6.45) is 7.43. The summed E-state index contributed by atoms with van der Waals surface area (Å²) in [5, 5.41) is 22.9. The van der Waals surface area contributed by atoms with Gasteiger partial charge in [-0.05, 0) is 143 Å². The summed E-state index contributed by atoms with van der Waals surface area (Å²) in [6.45, 7) is 17.6. The molecular weight excluding hydrogens is 712 g/mol. The zero-order valence-corrected chi connectivity index (χ0v) is 35.9. The first kappa shape index (κ1) is 42.3. The van der Waals surface area contributed by atoms with Crippen LogP contribution in [0.5, 0.6) is 0 Å². The van der Waals surface area contributed by atoms with E-state index in [1.165, 1.54) is 5.57 Å². The van der Waals surface area contributed by atoms with Crippen molar-refractivity contribution in [1.82, 2.24) is 9.80 Å². The molecule has 6 rings (SSSR count). The molecule has 0 spiro atoms. The van der Waals surface area contributed by atoms with E-state index in [0.717, 1.165) is 80.6 Å². The zero-order chi connectivity index (χ0) is 40.2. The number of aliphatic hydroxyl groups is 1. The van der Waals surface area contributed by atoms with Crippen molar-refractivity contribution in [3.63, 3.8) is 0 Å². The molecule has 4 fully saturated rings. The minimum Gasteiger partial charge on any atom is -0.481 e. The summed E-state index contributed by atoms with van der Waals surface area (Å²) in [5.74, 6) is 0.863. The Bertz CT molecular complexity index is 1660. The maximum Gasteiger partial charge on any atom is 0.309 e. The zero-order valence-electron chi connectivity index (χ0n) is 35.1. The van der Waals surface area contributed by atoms with E-state index in [9.17, 15) is 24.6 Å². The Morgan fingerprint density at radius 3 is 2.29 bits per heavy atom. The lowest BCUT2D eigenvalue weighted by molar-refractivity contribution is -0.193. The van der Waals surface area contributed by atoms with Crippen molar-refractivity contribution >= 4 is 29.3 Å². The lowest BCUT2D eigenvalue weighted by Crippen LogP contribution is -2.61. The third-order valence-electron chi connectivity index (χ3n) is 15.9. The van der Waals surface area contributed by atoms with Crippen LogP contribution in [-0.2, 0) is 25.7 Å². The number of aliphatic carboxylic acids is 1. The molecule has 0 saturated heterocycles. The van der Waals surface area contributed by atoms with Crippen molar-refractivity contribution in [1.29, 1.82) is 0 Å². The van der Waals surface area contributed by atoms with Crippen molar-refractivity contribution in [3.8, 4) is 0 Å². The van der Waals surface area contributed by atoms with Gasteiger partial charge in [0.2, 0.25) is 0 Å². The number of hydrogen-bond acceptors (Lipinski definition) is 7. The van der Waals surface area contributed by atoms with Crippen molar-refractivity contribution in [2.45, 2.75) is 131 Å². The molecule has 0 aromatic heterocycles. The highest BCUT2D eigenvalue weighted by molar-refractivity contribution is 6.31. The predicted octanol–water partition coefficient (Wildman–Crippen LogP) is 8.68. The molecule has 5 aliphatic carbocycles. The molecule has 8 nitrogen and oxygen atoms in total. The number of fused-ring (bicyclic) bond motifs is 7. The summed E-state index contributed by atoms with van der Waals surface area (Å²) in [4.78, 5) is 43.4. The van der Waals surface area contributed by atoms with Crippen LogP contribution in [0.25, 0.3) is 0 Å².